The van der Waals surface area contributed by atoms with Gasteiger partial charge in [0.25, 0.3) is 0 Å². The first-order valence-corrected chi connectivity index (χ1v) is 8.74. The smallest absolute Gasteiger partial charge is 0.220 e. The van der Waals surface area contributed by atoms with E-state index in [9.17, 15) is 4.79 Å². The predicted octanol–water partition coefficient (Wildman–Crippen LogP) is 3.10. The highest BCUT2D eigenvalue weighted by Gasteiger charge is 2.20. The van der Waals surface area contributed by atoms with Crippen LogP contribution >= 0.6 is 34.4 Å². The molecule has 1 rings (SSSR count). The van der Waals surface area contributed by atoms with Crippen LogP contribution in [0.15, 0.2) is 0 Å². The Balaban J connectivity index is 2.28. The van der Waals surface area contributed by atoms with Crippen LogP contribution in [-0.2, 0) is 4.79 Å². The minimum absolute atomic E-state index is 0.257. The fraction of sp³-hybridized carbons (Fsp3) is 0.917. The third kappa shape index (κ3) is 5.25. The van der Waals surface area contributed by atoms with E-state index in [-0.39, 0.29) is 5.91 Å². The van der Waals surface area contributed by atoms with E-state index in [1.54, 1.807) is 0 Å². The van der Waals surface area contributed by atoms with Crippen LogP contribution in [0.1, 0.15) is 33.1 Å². The summed E-state index contributed by atoms with van der Waals surface area (Å²) in [6, 6.07) is 0.339. The molecule has 1 unspecified atom stereocenters. The number of halogens is 1. The molecule has 1 aliphatic heterocycles. The third-order valence-electron chi connectivity index (χ3n) is 3.13. The zero-order chi connectivity index (χ0) is 12.0. The number of nitrogens with one attached hydrogen (secondary N) is 1. The maximum atomic E-state index is 11.9. The van der Waals surface area contributed by atoms with Crippen LogP contribution < -0.4 is 5.32 Å². The number of hydrogen-bond donors (Lipinski definition) is 1. The molecule has 1 N–H and O–H groups in total. The minimum Gasteiger partial charge on any atom is -0.352 e. The molecule has 1 heterocycles. The first kappa shape index (κ1) is 14.6. The molecule has 1 atom stereocenters. The molecule has 2 nitrogen and oxygen atoms in total. The van der Waals surface area contributed by atoms with Gasteiger partial charge < -0.3 is 5.32 Å². The zero-order valence-electron chi connectivity index (χ0n) is 10.2. The number of thioether (sulfide) groups is 1. The van der Waals surface area contributed by atoms with Gasteiger partial charge >= 0.3 is 0 Å². The highest BCUT2D eigenvalue weighted by atomic mass is 127. The monoisotopic (exact) mass is 355 g/mol. The molecular formula is C12H22INOS. The second kappa shape index (κ2) is 7.80. The van der Waals surface area contributed by atoms with E-state index in [0.717, 1.165) is 10.8 Å². The molecule has 94 valence electrons. The highest BCUT2D eigenvalue weighted by molar-refractivity contribution is 14.1. The summed E-state index contributed by atoms with van der Waals surface area (Å²) in [5, 5.41) is 3.16. The van der Waals surface area contributed by atoms with Crippen LogP contribution in [0.5, 0.6) is 0 Å². The lowest BCUT2D eigenvalue weighted by molar-refractivity contribution is -0.122. The summed E-state index contributed by atoms with van der Waals surface area (Å²) in [5.74, 6) is 3.88. The van der Waals surface area contributed by atoms with Gasteiger partial charge in [-0.05, 0) is 36.2 Å². The molecule has 1 amide bonds. The van der Waals surface area contributed by atoms with Crippen molar-refractivity contribution in [2.75, 3.05) is 15.9 Å². The summed E-state index contributed by atoms with van der Waals surface area (Å²) in [6.07, 6.45) is 3.17. The summed E-state index contributed by atoms with van der Waals surface area (Å²) >= 11 is 4.37. The maximum absolute atomic E-state index is 11.9. The summed E-state index contributed by atoms with van der Waals surface area (Å²) in [6.45, 7) is 4.34. The largest absolute Gasteiger partial charge is 0.352 e. The lowest BCUT2D eigenvalue weighted by atomic mass is 9.98. The second-order valence-corrected chi connectivity index (χ2v) is 6.94. The molecular weight excluding hydrogens is 333 g/mol. The molecule has 0 aromatic heterocycles. The van der Waals surface area contributed by atoms with Crippen molar-refractivity contribution >= 4 is 40.3 Å². The zero-order valence-corrected chi connectivity index (χ0v) is 13.1. The van der Waals surface area contributed by atoms with Gasteiger partial charge in [-0.2, -0.15) is 11.8 Å². The molecule has 16 heavy (non-hydrogen) atoms. The second-order valence-electron chi connectivity index (χ2n) is 4.83. The van der Waals surface area contributed by atoms with Crippen LogP contribution in [-0.4, -0.2) is 27.9 Å². The van der Waals surface area contributed by atoms with E-state index < -0.39 is 0 Å². The normalized spacial score (nSPS) is 19.8. The minimum atomic E-state index is 0.257. The number of alkyl halides is 1. The van der Waals surface area contributed by atoms with Gasteiger partial charge in [0, 0.05) is 16.9 Å². The molecule has 1 aliphatic rings. The maximum Gasteiger partial charge on any atom is 0.220 e. The Labute approximate surface area is 117 Å². The molecule has 0 saturated carbocycles. The van der Waals surface area contributed by atoms with E-state index in [2.05, 4.69) is 41.8 Å². The predicted molar refractivity (Wildman–Crippen MR) is 80.3 cm³/mol. The fourth-order valence-electron chi connectivity index (χ4n) is 1.86. The van der Waals surface area contributed by atoms with E-state index in [1.165, 1.54) is 24.3 Å². The van der Waals surface area contributed by atoms with Crippen molar-refractivity contribution in [1.29, 1.82) is 0 Å². The van der Waals surface area contributed by atoms with Gasteiger partial charge in [0.1, 0.15) is 0 Å². The van der Waals surface area contributed by atoms with Crippen LogP contribution in [0.25, 0.3) is 0 Å². The number of rotatable bonds is 5. The third-order valence-corrected chi connectivity index (χ3v) is 5.13. The molecule has 0 bridgehead atoms. The SMILES string of the molecule is CC(C)C(CI)NC(=O)CC1CCSCC1. The number of carbonyl (C=O) groups excluding carboxylic acids is 1. The Bertz CT molecular complexity index is 217. The molecule has 4 heteroatoms. The van der Waals surface area contributed by atoms with Gasteiger partial charge in [-0.15, -0.1) is 0 Å². The van der Waals surface area contributed by atoms with Gasteiger partial charge in [0.05, 0.1) is 0 Å². The van der Waals surface area contributed by atoms with Crippen LogP contribution in [0.4, 0.5) is 0 Å². The number of carbonyl (C=O) groups is 1. The Kier molecular flexibility index (Phi) is 7.12. The van der Waals surface area contributed by atoms with E-state index in [0.29, 0.717) is 17.9 Å². The van der Waals surface area contributed by atoms with Crippen molar-refractivity contribution < 1.29 is 4.79 Å². The Hall–Kier alpha value is 0.550. The van der Waals surface area contributed by atoms with Crippen LogP contribution in [0.2, 0.25) is 0 Å². The Morgan fingerprint density at radius 1 is 1.44 bits per heavy atom. The molecule has 1 fully saturated rings. The van der Waals surface area contributed by atoms with Crippen molar-refractivity contribution in [3.05, 3.63) is 0 Å². The topological polar surface area (TPSA) is 29.1 Å². The first-order valence-electron chi connectivity index (χ1n) is 6.06. The Morgan fingerprint density at radius 3 is 2.56 bits per heavy atom. The number of hydrogen-bond acceptors (Lipinski definition) is 2. The fourth-order valence-corrected chi connectivity index (χ4v) is 4.30. The van der Waals surface area contributed by atoms with Crippen LogP contribution in [0.3, 0.4) is 0 Å². The molecule has 0 aromatic rings. The summed E-state index contributed by atoms with van der Waals surface area (Å²) < 4.78 is 1.00. The van der Waals surface area contributed by atoms with Gasteiger partial charge in [-0.1, -0.05) is 36.4 Å². The van der Waals surface area contributed by atoms with Gasteiger partial charge in [-0.25, -0.2) is 0 Å². The van der Waals surface area contributed by atoms with Gasteiger partial charge in [0.2, 0.25) is 5.91 Å². The van der Waals surface area contributed by atoms with Gasteiger partial charge in [-0.3, -0.25) is 4.79 Å². The van der Waals surface area contributed by atoms with Crippen molar-refractivity contribution in [3.63, 3.8) is 0 Å². The lowest BCUT2D eigenvalue weighted by Gasteiger charge is -2.24. The average Bonchev–Trinajstić information content (AvgIpc) is 2.27. The Morgan fingerprint density at radius 2 is 2.06 bits per heavy atom. The van der Waals surface area contributed by atoms with E-state index >= 15 is 0 Å². The standard InChI is InChI=1S/C12H22INOS/c1-9(2)11(8-13)14-12(15)7-10-3-5-16-6-4-10/h9-11H,3-8H2,1-2H3,(H,14,15). The van der Waals surface area contributed by atoms with E-state index in [1.807, 2.05) is 11.8 Å². The lowest BCUT2D eigenvalue weighted by Crippen LogP contribution is -2.40. The first-order chi connectivity index (χ1) is 7.63. The highest BCUT2D eigenvalue weighted by Crippen LogP contribution is 2.25. The van der Waals surface area contributed by atoms with Crippen molar-refractivity contribution in [2.24, 2.45) is 11.8 Å². The van der Waals surface area contributed by atoms with Crippen molar-refractivity contribution in [3.8, 4) is 0 Å². The summed E-state index contributed by atoms with van der Waals surface area (Å²) in [7, 11) is 0. The summed E-state index contributed by atoms with van der Waals surface area (Å²) in [5.41, 5.74) is 0. The van der Waals surface area contributed by atoms with Crippen molar-refractivity contribution in [2.45, 2.75) is 39.2 Å². The molecule has 0 radical (unpaired) electrons. The summed E-state index contributed by atoms with van der Waals surface area (Å²) in [4.78, 5) is 11.9. The quantitative estimate of drug-likeness (QED) is 0.607. The van der Waals surface area contributed by atoms with E-state index in [4.69, 9.17) is 0 Å². The van der Waals surface area contributed by atoms with Crippen molar-refractivity contribution in [1.82, 2.24) is 5.32 Å². The average molecular weight is 355 g/mol. The molecule has 0 aliphatic carbocycles. The van der Waals surface area contributed by atoms with Crippen LogP contribution in [0, 0.1) is 11.8 Å². The number of amides is 1. The molecule has 0 spiro atoms. The molecule has 0 aromatic carbocycles. The molecule has 1 saturated heterocycles. The van der Waals surface area contributed by atoms with Gasteiger partial charge in [0.15, 0.2) is 0 Å².